The zero-order chi connectivity index (χ0) is 18.4. The molecule has 8 heteroatoms. The molecule has 0 atom stereocenters. The molecule has 0 heterocycles. The van der Waals surface area contributed by atoms with E-state index in [0.29, 0.717) is 0 Å². The van der Waals surface area contributed by atoms with E-state index in [1.54, 1.807) is 0 Å². The summed E-state index contributed by atoms with van der Waals surface area (Å²) < 4.78 is 41.2. The van der Waals surface area contributed by atoms with Crippen molar-refractivity contribution in [1.29, 1.82) is 0 Å². The van der Waals surface area contributed by atoms with Gasteiger partial charge in [-0.05, 0) is 30.3 Å². The van der Waals surface area contributed by atoms with E-state index >= 15 is 0 Å². The Balaban J connectivity index is 2.03. The summed E-state index contributed by atoms with van der Waals surface area (Å²) in [6, 6.07) is 7.28. The van der Waals surface area contributed by atoms with Gasteiger partial charge in [-0.2, -0.15) is 0 Å². The van der Waals surface area contributed by atoms with Crippen molar-refractivity contribution in [2.24, 2.45) is 0 Å². The van der Waals surface area contributed by atoms with Crippen molar-refractivity contribution in [3.8, 4) is 11.5 Å². The fourth-order valence-electron chi connectivity index (χ4n) is 1.88. The molecule has 0 spiro atoms. The number of methoxy groups -OCH3 is 2. The monoisotopic (exact) mass is 368 g/mol. The minimum Gasteiger partial charge on any atom is -0.493 e. The zero-order valence-corrected chi connectivity index (χ0v) is 14.2. The van der Waals surface area contributed by atoms with E-state index in [9.17, 15) is 18.4 Å². The van der Waals surface area contributed by atoms with Gasteiger partial charge >= 0.3 is 11.9 Å². The highest BCUT2D eigenvalue weighted by molar-refractivity contribution is 8.00. The molecule has 0 aliphatic rings. The van der Waals surface area contributed by atoms with Gasteiger partial charge in [-0.3, -0.25) is 4.79 Å². The molecule has 2 aromatic carbocycles. The Hall–Kier alpha value is -2.61. The first-order valence-corrected chi connectivity index (χ1v) is 7.98. The van der Waals surface area contributed by atoms with Crippen molar-refractivity contribution in [2.45, 2.75) is 4.90 Å². The van der Waals surface area contributed by atoms with Gasteiger partial charge in [0.1, 0.15) is 11.6 Å². The summed E-state index contributed by atoms with van der Waals surface area (Å²) in [6.45, 7) is 0. The van der Waals surface area contributed by atoms with Crippen LogP contribution in [-0.4, -0.2) is 31.9 Å². The summed E-state index contributed by atoms with van der Waals surface area (Å²) in [5.41, 5.74) is 0.238. The number of esters is 2. The van der Waals surface area contributed by atoms with Crippen molar-refractivity contribution in [1.82, 2.24) is 0 Å². The normalized spacial score (nSPS) is 10.2. The minimum absolute atomic E-state index is 0.111. The predicted octanol–water partition coefficient (Wildman–Crippen LogP) is 3.46. The molecule has 0 radical (unpaired) electrons. The van der Waals surface area contributed by atoms with Crippen LogP contribution in [0.4, 0.5) is 8.78 Å². The Morgan fingerprint density at radius 3 is 2.44 bits per heavy atom. The van der Waals surface area contributed by atoms with Gasteiger partial charge in [0, 0.05) is 11.0 Å². The summed E-state index contributed by atoms with van der Waals surface area (Å²) in [5, 5.41) is 0. The topological polar surface area (TPSA) is 61.8 Å². The number of hydrogen-bond donors (Lipinski definition) is 0. The van der Waals surface area contributed by atoms with Gasteiger partial charge in [0.05, 0.1) is 25.5 Å². The van der Waals surface area contributed by atoms with E-state index in [1.165, 1.54) is 38.5 Å². The molecule has 0 bridgehead atoms. The molecule has 0 unspecified atom stereocenters. The van der Waals surface area contributed by atoms with Crippen LogP contribution >= 0.6 is 11.8 Å². The number of benzene rings is 2. The molecule has 2 rings (SSSR count). The molecular formula is C17H14F2O5S. The molecule has 0 saturated carbocycles. The lowest BCUT2D eigenvalue weighted by Gasteiger charge is -2.10. The first kappa shape index (κ1) is 18.7. The van der Waals surface area contributed by atoms with Crippen molar-refractivity contribution >= 4 is 23.7 Å². The first-order chi connectivity index (χ1) is 11.9. The Bertz CT molecular complexity index is 795. The fourth-order valence-corrected chi connectivity index (χ4v) is 2.57. The molecule has 0 N–H and O–H groups in total. The van der Waals surface area contributed by atoms with Crippen molar-refractivity contribution in [2.75, 3.05) is 20.0 Å². The number of hydrogen-bond acceptors (Lipinski definition) is 6. The van der Waals surface area contributed by atoms with Crippen molar-refractivity contribution in [3.05, 3.63) is 53.6 Å². The Morgan fingerprint density at radius 2 is 1.80 bits per heavy atom. The lowest BCUT2D eigenvalue weighted by atomic mass is 10.2. The minimum atomic E-state index is -0.752. The zero-order valence-electron chi connectivity index (χ0n) is 13.4. The smallest absolute Gasteiger partial charge is 0.337 e. The molecule has 0 aliphatic carbocycles. The van der Waals surface area contributed by atoms with Crippen LogP contribution in [0.15, 0.2) is 41.3 Å². The number of rotatable bonds is 6. The van der Waals surface area contributed by atoms with Crippen LogP contribution in [0, 0.1) is 11.6 Å². The van der Waals surface area contributed by atoms with E-state index in [-0.39, 0.29) is 27.7 Å². The summed E-state index contributed by atoms with van der Waals surface area (Å²) in [5.74, 6) is -2.56. The van der Waals surface area contributed by atoms with Gasteiger partial charge in [0.2, 0.25) is 0 Å². The Morgan fingerprint density at radius 1 is 1.04 bits per heavy atom. The number of ether oxygens (including phenoxy) is 3. The average Bonchev–Trinajstić information content (AvgIpc) is 2.60. The predicted molar refractivity (Wildman–Crippen MR) is 87.1 cm³/mol. The third-order valence-corrected chi connectivity index (χ3v) is 4.07. The number of halogens is 2. The molecule has 132 valence electrons. The van der Waals surface area contributed by atoms with Crippen LogP contribution in [0.3, 0.4) is 0 Å². The molecule has 0 saturated heterocycles. The van der Waals surface area contributed by atoms with E-state index in [4.69, 9.17) is 9.47 Å². The van der Waals surface area contributed by atoms with Gasteiger partial charge in [0.25, 0.3) is 0 Å². The quantitative estimate of drug-likeness (QED) is 0.442. The van der Waals surface area contributed by atoms with Gasteiger partial charge in [0.15, 0.2) is 11.5 Å². The highest BCUT2D eigenvalue weighted by Gasteiger charge is 2.15. The molecule has 0 amide bonds. The molecule has 0 aliphatic heterocycles. The van der Waals surface area contributed by atoms with Crippen molar-refractivity contribution < 1.29 is 32.6 Å². The van der Waals surface area contributed by atoms with Crippen LogP contribution in [-0.2, 0) is 9.53 Å². The SMILES string of the molecule is COC(=O)c1ccc(OC(=O)CSc2ccc(F)cc2F)c(OC)c1. The Labute approximate surface area is 146 Å². The second-order valence-corrected chi connectivity index (χ2v) is 5.71. The molecular weight excluding hydrogens is 354 g/mol. The second-order valence-electron chi connectivity index (χ2n) is 4.69. The second kappa shape index (κ2) is 8.48. The first-order valence-electron chi connectivity index (χ1n) is 6.99. The third-order valence-electron chi connectivity index (χ3n) is 3.05. The molecule has 0 fully saturated rings. The number of carbonyl (C=O) groups excluding carboxylic acids is 2. The largest absolute Gasteiger partial charge is 0.493 e. The van der Waals surface area contributed by atoms with Crippen LogP contribution in [0.5, 0.6) is 11.5 Å². The Kier molecular flexibility index (Phi) is 6.35. The molecule has 25 heavy (non-hydrogen) atoms. The van der Waals surface area contributed by atoms with E-state index < -0.39 is 23.6 Å². The molecule has 2 aromatic rings. The standard InChI is InChI=1S/C17H14F2O5S/c1-22-14-7-10(17(21)23-2)3-5-13(14)24-16(20)9-25-15-6-4-11(18)8-12(15)19/h3-8H,9H2,1-2H3. The van der Waals surface area contributed by atoms with Crippen LogP contribution in [0.2, 0.25) is 0 Å². The van der Waals surface area contributed by atoms with Gasteiger partial charge in [-0.15, -0.1) is 11.8 Å². The summed E-state index contributed by atoms with van der Waals surface area (Å²) in [6.07, 6.45) is 0. The fraction of sp³-hybridized carbons (Fsp3) is 0.176. The number of carbonyl (C=O) groups is 2. The van der Waals surface area contributed by atoms with Crippen LogP contribution in [0.1, 0.15) is 10.4 Å². The van der Waals surface area contributed by atoms with Crippen LogP contribution < -0.4 is 9.47 Å². The van der Waals surface area contributed by atoms with Crippen LogP contribution in [0.25, 0.3) is 0 Å². The van der Waals surface area contributed by atoms with E-state index in [2.05, 4.69) is 4.74 Å². The number of thioether (sulfide) groups is 1. The van der Waals surface area contributed by atoms with Gasteiger partial charge < -0.3 is 14.2 Å². The summed E-state index contributed by atoms with van der Waals surface area (Å²) >= 11 is 0.877. The third kappa shape index (κ3) is 4.93. The van der Waals surface area contributed by atoms with Crippen molar-refractivity contribution in [3.63, 3.8) is 0 Å². The van der Waals surface area contributed by atoms with E-state index in [0.717, 1.165) is 23.9 Å². The maximum absolute atomic E-state index is 13.5. The lowest BCUT2D eigenvalue weighted by molar-refractivity contribution is -0.131. The van der Waals surface area contributed by atoms with E-state index in [1.807, 2.05) is 0 Å². The average molecular weight is 368 g/mol. The maximum atomic E-state index is 13.5. The molecule has 5 nitrogen and oxygen atoms in total. The van der Waals surface area contributed by atoms with Gasteiger partial charge in [-0.1, -0.05) is 0 Å². The van der Waals surface area contributed by atoms with Gasteiger partial charge in [-0.25, -0.2) is 13.6 Å². The lowest BCUT2D eigenvalue weighted by Crippen LogP contribution is -2.12. The highest BCUT2D eigenvalue weighted by atomic mass is 32.2. The molecule has 0 aromatic heterocycles. The maximum Gasteiger partial charge on any atom is 0.337 e. The summed E-state index contributed by atoms with van der Waals surface area (Å²) in [4.78, 5) is 23.5. The summed E-state index contributed by atoms with van der Waals surface area (Å²) in [7, 11) is 2.60. The highest BCUT2D eigenvalue weighted by Crippen LogP contribution is 2.29.